The van der Waals surface area contributed by atoms with Gasteiger partial charge in [0.15, 0.2) is 0 Å². The number of rotatable bonds is 6. The molecule has 4 aromatic rings. The third-order valence-electron chi connectivity index (χ3n) is 6.69. The summed E-state index contributed by atoms with van der Waals surface area (Å²) >= 11 is 0. The maximum atomic E-state index is 13.4. The lowest BCUT2D eigenvalue weighted by molar-refractivity contribution is 0.0944. The first-order chi connectivity index (χ1) is 17.0. The number of benzene rings is 1. The largest absolute Gasteiger partial charge is 0.351 e. The Balaban J connectivity index is 1.56. The van der Waals surface area contributed by atoms with Gasteiger partial charge in [-0.05, 0) is 56.6 Å². The van der Waals surface area contributed by atoms with E-state index in [-0.39, 0.29) is 22.5 Å². The van der Waals surface area contributed by atoms with Crippen LogP contribution >= 0.6 is 0 Å². The van der Waals surface area contributed by atoms with Crippen LogP contribution in [-0.2, 0) is 6.54 Å². The van der Waals surface area contributed by atoms with E-state index in [9.17, 15) is 9.59 Å². The molecule has 1 aliphatic rings. The molecule has 8 nitrogen and oxygen atoms in total. The van der Waals surface area contributed by atoms with Gasteiger partial charge >= 0.3 is 0 Å². The molecule has 35 heavy (non-hydrogen) atoms. The van der Waals surface area contributed by atoms with Gasteiger partial charge in [-0.15, -0.1) is 0 Å². The number of fused-ring (bicyclic) bond motifs is 2. The number of carbonyl (C=O) groups is 1. The van der Waals surface area contributed by atoms with E-state index < -0.39 is 0 Å². The molecule has 4 heterocycles. The summed E-state index contributed by atoms with van der Waals surface area (Å²) in [7, 11) is 0. The predicted molar refractivity (Wildman–Crippen MR) is 136 cm³/mol. The van der Waals surface area contributed by atoms with Gasteiger partial charge in [0, 0.05) is 19.3 Å². The number of likely N-dealkylation sites (tertiary alicyclic amines) is 1. The molecule has 1 amide bonds. The number of piperidine rings is 1. The van der Waals surface area contributed by atoms with Crippen molar-refractivity contribution in [3.8, 4) is 0 Å². The molecule has 0 atom stereocenters. The number of aromatic nitrogens is 3. The molecule has 1 saturated heterocycles. The molecule has 0 spiro atoms. The first kappa shape index (κ1) is 23.0. The second-order valence-corrected chi connectivity index (χ2v) is 9.22. The van der Waals surface area contributed by atoms with Gasteiger partial charge in [0.05, 0.1) is 17.5 Å². The van der Waals surface area contributed by atoms with Crippen molar-refractivity contribution in [1.82, 2.24) is 24.2 Å². The van der Waals surface area contributed by atoms with Crippen molar-refractivity contribution in [2.24, 2.45) is 0 Å². The molecule has 1 aromatic carbocycles. The average Bonchev–Trinajstić information content (AvgIpc) is 2.88. The molecule has 3 aromatic heterocycles. The monoisotopic (exact) mass is 470 g/mol. The average molecular weight is 471 g/mol. The molecule has 1 aliphatic heterocycles. The molecule has 1 fully saturated rings. The molecule has 0 unspecified atom stereocenters. The maximum Gasteiger partial charge on any atom is 0.267 e. The quantitative estimate of drug-likeness (QED) is 0.424. The summed E-state index contributed by atoms with van der Waals surface area (Å²) in [5.41, 5.74) is 2.97. The number of amides is 1. The zero-order chi connectivity index (χ0) is 24.4. The fraction of sp³-hybridized carbons (Fsp3) is 0.333. The minimum absolute atomic E-state index is 0.0423. The van der Waals surface area contributed by atoms with Crippen LogP contribution in [0.5, 0.6) is 0 Å². The van der Waals surface area contributed by atoms with Gasteiger partial charge in [-0.25, -0.2) is 4.98 Å². The molecule has 2 N–H and O–H groups in total. The van der Waals surface area contributed by atoms with Gasteiger partial charge in [-0.2, -0.15) is 0 Å². The topological polar surface area (TPSA) is 95.5 Å². The van der Waals surface area contributed by atoms with Gasteiger partial charge in [0.25, 0.3) is 11.5 Å². The predicted octanol–water partition coefficient (Wildman–Crippen LogP) is 2.70. The SMILES string of the molecule is Cc1ccc(Cn2c(=N)c(C(=O)NCCN3CCCCC3)cc3c(=O)n4ccccc4nc32)cc1. The van der Waals surface area contributed by atoms with Crippen LogP contribution in [0.15, 0.2) is 59.5 Å². The fourth-order valence-corrected chi connectivity index (χ4v) is 4.70. The number of pyridine rings is 2. The molecule has 0 radical (unpaired) electrons. The number of nitrogens with zero attached hydrogens (tertiary/aromatic N) is 4. The standard InChI is InChI=1S/C27H30N6O2/c1-19-8-10-20(11-9-19)18-33-24(28)21(26(34)29-12-16-31-13-4-2-5-14-31)17-22-25(33)30-23-7-3-6-15-32(23)27(22)35/h3,6-11,15,17,28H,2,4-5,12-14,16,18H2,1H3,(H,29,34). The van der Waals surface area contributed by atoms with Crippen molar-refractivity contribution < 1.29 is 4.79 Å². The molecule has 8 heteroatoms. The zero-order valence-corrected chi connectivity index (χ0v) is 20.0. The Kier molecular flexibility index (Phi) is 6.46. The normalized spacial score (nSPS) is 14.4. The summed E-state index contributed by atoms with van der Waals surface area (Å²) < 4.78 is 3.13. The van der Waals surface area contributed by atoms with Crippen molar-refractivity contribution in [1.29, 1.82) is 5.41 Å². The highest BCUT2D eigenvalue weighted by atomic mass is 16.1. The summed E-state index contributed by atoms with van der Waals surface area (Å²) in [5.74, 6) is -0.343. The number of hydrogen-bond donors (Lipinski definition) is 2. The van der Waals surface area contributed by atoms with Crippen LogP contribution in [0.4, 0.5) is 0 Å². The van der Waals surface area contributed by atoms with E-state index in [0.29, 0.717) is 29.8 Å². The van der Waals surface area contributed by atoms with Crippen LogP contribution in [0.3, 0.4) is 0 Å². The Morgan fingerprint density at radius 1 is 1.09 bits per heavy atom. The van der Waals surface area contributed by atoms with E-state index >= 15 is 0 Å². The van der Waals surface area contributed by atoms with Gasteiger partial charge in [-0.1, -0.05) is 42.3 Å². The lowest BCUT2D eigenvalue weighted by Crippen LogP contribution is -2.40. The highest BCUT2D eigenvalue weighted by molar-refractivity contribution is 5.96. The first-order valence-corrected chi connectivity index (χ1v) is 12.2. The lowest BCUT2D eigenvalue weighted by Gasteiger charge is -2.26. The van der Waals surface area contributed by atoms with Crippen molar-refractivity contribution in [3.05, 3.63) is 87.3 Å². The smallest absolute Gasteiger partial charge is 0.267 e. The Morgan fingerprint density at radius 3 is 2.63 bits per heavy atom. The van der Waals surface area contributed by atoms with Crippen LogP contribution in [0.2, 0.25) is 0 Å². The van der Waals surface area contributed by atoms with Crippen LogP contribution in [0, 0.1) is 12.3 Å². The first-order valence-electron chi connectivity index (χ1n) is 12.2. The third kappa shape index (κ3) is 4.74. The summed E-state index contributed by atoms with van der Waals surface area (Å²) in [6.45, 7) is 5.75. The van der Waals surface area contributed by atoms with E-state index in [1.54, 1.807) is 22.9 Å². The summed E-state index contributed by atoms with van der Waals surface area (Å²) in [5, 5.41) is 12.2. The van der Waals surface area contributed by atoms with Crippen molar-refractivity contribution in [3.63, 3.8) is 0 Å². The fourth-order valence-electron chi connectivity index (χ4n) is 4.70. The molecular formula is C27H30N6O2. The molecular weight excluding hydrogens is 440 g/mol. The number of nitrogens with one attached hydrogen (secondary N) is 2. The second kappa shape index (κ2) is 9.84. The molecule has 0 saturated carbocycles. The third-order valence-corrected chi connectivity index (χ3v) is 6.69. The van der Waals surface area contributed by atoms with Crippen molar-refractivity contribution in [2.75, 3.05) is 26.2 Å². The number of carbonyl (C=O) groups excluding carboxylic acids is 1. The maximum absolute atomic E-state index is 13.4. The minimum Gasteiger partial charge on any atom is -0.351 e. The van der Waals surface area contributed by atoms with E-state index in [2.05, 4.69) is 10.2 Å². The van der Waals surface area contributed by atoms with Crippen LogP contribution < -0.4 is 16.4 Å². The van der Waals surface area contributed by atoms with Crippen molar-refractivity contribution >= 4 is 22.6 Å². The second-order valence-electron chi connectivity index (χ2n) is 9.22. The molecule has 0 aliphatic carbocycles. The van der Waals surface area contributed by atoms with Gasteiger partial charge in [0.2, 0.25) is 0 Å². The molecule has 180 valence electrons. The van der Waals surface area contributed by atoms with Gasteiger partial charge in [0.1, 0.15) is 16.8 Å². The Bertz CT molecular complexity index is 1500. The van der Waals surface area contributed by atoms with Crippen LogP contribution in [0.25, 0.3) is 16.7 Å². The lowest BCUT2D eigenvalue weighted by atomic mass is 10.1. The van der Waals surface area contributed by atoms with Gasteiger partial charge < -0.3 is 14.8 Å². The van der Waals surface area contributed by atoms with E-state index in [1.165, 1.54) is 29.7 Å². The summed E-state index contributed by atoms with van der Waals surface area (Å²) in [6.07, 6.45) is 5.32. The number of aryl methyl sites for hydroxylation is 1. The van der Waals surface area contributed by atoms with Crippen molar-refractivity contribution in [2.45, 2.75) is 32.7 Å². The molecule has 0 bridgehead atoms. The van der Waals surface area contributed by atoms with E-state index in [0.717, 1.165) is 30.8 Å². The molecule has 5 rings (SSSR count). The summed E-state index contributed by atoms with van der Waals surface area (Å²) in [6, 6.07) is 14.9. The van der Waals surface area contributed by atoms with Crippen LogP contribution in [0.1, 0.15) is 40.7 Å². The Labute approximate surface area is 203 Å². The Morgan fingerprint density at radius 2 is 1.86 bits per heavy atom. The van der Waals surface area contributed by atoms with E-state index in [1.807, 2.05) is 37.3 Å². The highest BCUT2D eigenvalue weighted by Crippen LogP contribution is 2.13. The number of hydrogen-bond acceptors (Lipinski definition) is 5. The zero-order valence-electron chi connectivity index (χ0n) is 20.0. The van der Waals surface area contributed by atoms with Gasteiger partial charge in [-0.3, -0.25) is 19.4 Å². The van der Waals surface area contributed by atoms with E-state index in [4.69, 9.17) is 10.4 Å². The van der Waals surface area contributed by atoms with Crippen LogP contribution in [-0.4, -0.2) is 50.9 Å². The summed E-state index contributed by atoms with van der Waals surface area (Å²) in [4.78, 5) is 33.6. The minimum atomic E-state index is -0.343. The highest BCUT2D eigenvalue weighted by Gasteiger charge is 2.18. The Hall–Kier alpha value is -3.78.